The minimum Gasteiger partial charge on any atom is -0.480 e. The highest BCUT2D eigenvalue weighted by atomic mass is 16.4. The molecule has 0 aliphatic rings. The SMILES string of the molecule is CC(C)CCCCCCNC(=O)CCC(NC(=O)C(C)(C)CCC(C)(C)C)C(=O)O. The molecule has 0 aliphatic heterocycles. The summed E-state index contributed by atoms with van der Waals surface area (Å²) >= 11 is 0. The molecule has 0 aromatic rings. The Morgan fingerprint density at radius 3 is 2.00 bits per heavy atom. The molecule has 176 valence electrons. The first-order valence-electron chi connectivity index (χ1n) is 11.5. The van der Waals surface area contributed by atoms with Crippen LogP contribution >= 0.6 is 0 Å². The minimum absolute atomic E-state index is 0.0903. The van der Waals surface area contributed by atoms with Gasteiger partial charge in [-0.25, -0.2) is 4.79 Å². The van der Waals surface area contributed by atoms with Crippen molar-refractivity contribution in [3.8, 4) is 0 Å². The number of carbonyl (C=O) groups is 3. The molecule has 30 heavy (non-hydrogen) atoms. The predicted octanol–water partition coefficient (Wildman–Crippen LogP) is 4.91. The van der Waals surface area contributed by atoms with Crippen LogP contribution in [0.4, 0.5) is 0 Å². The molecule has 2 amide bonds. The normalized spacial score (nSPS) is 13.2. The van der Waals surface area contributed by atoms with Gasteiger partial charge in [0.1, 0.15) is 6.04 Å². The van der Waals surface area contributed by atoms with Crippen LogP contribution in [0.2, 0.25) is 0 Å². The minimum atomic E-state index is -1.10. The summed E-state index contributed by atoms with van der Waals surface area (Å²) in [4.78, 5) is 36.2. The third-order valence-electron chi connectivity index (χ3n) is 5.41. The van der Waals surface area contributed by atoms with Gasteiger partial charge in [0.2, 0.25) is 11.8 Å². The van der Waals surface area contributed by atoms with E-state index >= 15 is 0 Å². The number of hydrogen-bond donors (Lipinski definition) is 3. The lowest BCUT2D eigenvalue weighted by Crippen LogP contribution is -2.47. The summed E-state index contributed by atoms with van der Waals surface area (Å²) in [5.74, 6) is -0.810. The van der Waals surface area contributed by atoms with Crippen molar-refractivity contribution in [3.63, 3.8) is 0 Å². The molecule has 0 saturated heterocycles. The van der Waals surface area contributed by atoms with Crippen LogP contribution in [-0.2, 0) is 14.4 Å². The van der Waals surface area contributed by atoms with E-state index in [-0.39, 0.29) is 30.1 Å². The zero-order chi connectivity index (χ0) is 23.4. The van der Waals surface area contributed by atoms with Crippen LogP contribution in [0.5, 0.6) is 0 Å². The van der Waals surface area contributed by atoms with Crippen LogP contribution in [0, 0.1) is 16.7 Å². The molecule has 0 heterocycles. The fourth-order valence-electron chi connectivity index (χ4n) is 3.03. The zero-order valence-corrected chi connectivity index (χ0v) is 20.4. The lowest BCUT2D eigenvalue weighted by molar-refractivity contribution is -0.144. The van der Waals surface area contributed by atoms with Crippen molar-refractivity contribution >= 4 is 17.8 Å². The van der Waals surface area contributed by atoms with E-state index < -0.39 is 17.4 Å². The quantitative estimate of drug-likeness (QED) is 0.324. The van der Waals surface area contributed by atoms with Crippen molar-refractivity contribution in [2.24, 2.45) is 16.7 Å². The molecule has 0 radical (unpaired) electrons. The Hall–Kier alpha value is -1.59. The third-order valence-corrected chi connectivity index (χ3v) is 5.41. The van der Waals surface area contributed by atoms with Crippen molar-refractivity contribution in [3.05, 3.63) is 0 Å². The number of unbranched alkanes of at least 4 members (excludes halogenated alkanes) is 3. The maximum absolute atomic E-state index is 12.6. The number of nitrogens with one attached hydrogen (secondary N) is 2. The van der Waals surface area contributed by atoms with Crippen molar-refractivity contribution in [2.75, 3.05) is 6.54 Å². The Morgan fingerprint density at radius 2 is 1.47 bits per heavy atom. The van der Waals surface area contributed by atoms with Gasteiger partial charge in [0.25, 0.3) is 0 Å². The fourth-order valence-corrected chi connectivity index (χ4v) is 3.03. The van der Waals surface area contributed by atoms with Crippen molar-refractivity contribution in [1.29, 1.82) is 0 Å². The summed E-state index contributed by atoms with van der Waals surface area (Å²) in [6.45, 7) is 15.1. The van der Waals surface area contributed by atoms with Gasteiger partial charge >= 0.3 is 5.97 Å². The van der Waals surface area contributed by atoms with E-state index in [9.17, 15) is 19.5 Å². The van der Waals surface area contributed by atoms with E-state index in [4.69, 9.17) is 0 Å². The van der Waals surface area contributed by atoms with E-state index in [0.717, 1.165) is 25.2 Å². The van der Waals surface area contributed by atoms with Gasteiger partial charge in [-0.2, -0.15) is 0 Å². The molecule has 6 nitrogen and oxygen atoms in total. The largest absolute Gasteiger partial charge is 0.480 e. The Morgan fingerprint density at radius 1 is 0.867 bits per heavy atom. The summed E-state index contributed by atoms with van der Waals surface area (Å²) in [6, 6.07) is -1.05. The second kappa shape index (κ2) is 13.7. The Balaban J connectivity index is 4.29. The molecular weight excluding hydrogens is 380 g/mol. The molecule has 6 heteroatoms. The second-order valence-electron chi connectivity index (χ2n) is 10.8. The van der Waals surface area contributed by atoms with E-state index in [1.54, 1.807) is 0 Å². The van der Waals surface area contributed by atoms with Gasteiger partial charge in [-0.05, 0) is 37.0 Å². The molecule has 1 unspecified atom stereocenters. The van der Waals surface area contributed by atoms with E-state index in [1.165, 1.54) is 19.3 Å². The highest BCUT2D eigenvalue weighted by Gasteiger charge is 2.32. The number of carboxylic acids is 1. The van der Waals surface area contributed by atoms with E-state index in [1.807, 2.05) is 13.8 Å². The van der Waals surface area contributed by atoms with Crippen LogP contribution in [0.25, 0.3) is 0 Å². The summed E-state index contributed by atoms with van der Waals surface area (Å²) in [6.07, 6.45) is 7.38. The fraction of sp³-hybridized carbons (Fsp3) is 0.875. The van der Waals surface area contributed by atoms with Crippen LogP contribution in [-0.4, -0.2) is 35.5 Å². The number of aliphatic carboxylic acids is 1. The molecule has 0 saturated carbocycles. The van der Waals surface area contributed by atoms with E-state index in [0.29, 0.717) is 13.0 Å². The highest BCUT2D eigenvalue weighted by molar-refractivity contribution is 5.87. The molecule has 0 rings (SSSR count). The first-order valence-corrected chi connectivity index (χ1v) is 11.5. The standard InChI is InChI=1S/C24H46N2O4/c1-18(2)12-10-8-9-11-17-25-20(27)14-13-19(21(28)29)26-22(30)24(6,7)16-15-23(3,4)5/h18-19H,8-17H2,1-7H3,(H,25,27)(H,26,30)(H,28,29). The Kier molecular flexibility index (Phi) is 12.9. The van der Waals surface area contributed by atoms with Gasteiger partial charge in [-0.1, -0.05) is 74.1 Å². The summed E-state index contributed by atoms with van der Waals surface area (Å²) < 4.78 is 0. The smallest absolute Gasteiger partial charge is 0.326 e. The monoisotopic (exact) mass is 426 g/mol. The maximum Gasteiger partial charge on any atom is 0.326 e. The highest BCUT2D eigenvalue weighted by Crippen LogP contribution is 2.30. The molecule has 0 fully saturated rings. The molecule has 0 aliphatic carbocycles. The number of carboxylic acid groups (broad SMARTS) is 1. The number of amides is 2. The van der Waals surface area contributed by atoms with Gasteiger partial charge in [0.15, 0.2) is 0 Å². The number of hydrogen-bond acceptors (Lipinski definition) is 3. The average molecular weight is 427 g/mol. The van der Waals surface area contributed by atoms with Gasteiger partial charge in [-0.15, -0.1) is 0 Å². The van der Waals surface area contributed by atoms with Crippen LogP contribution < -0.4 is 10.6 Å². The summed E-state index contributed by atoms with van der Waals surface area (Å²) in [5, 5.41) is 14.9. The lowest BCUT2D eigenvalue weighted by atomic mass is 9.79. The predicted molar refractivity (Wildman–Crippen MR) is 122 cm³/mol. The first-order chi connectivity index (χ1) is 13.7. The van der Waals surface area contributed by atoms with Crippen molar-refractivity contribution in [2.45, 2.75) is 112 Å². The average Bonchev–Trinajstić information content (AvgIpc) is 2.61. The van der Waals surface area contributed by atoms with Gasteiger partial charge in [0, 0.05) is 18.4 Å². The second-order valence-corrected chi connectivity index (χ2v) is 10.8. The van der Waals surface area contributed by atoms with Crippen molar-refractivity contribution < 1.29 is 19.5 Å². The van der Waals surface area contributed by atoms with Crippen LogP contribution in [0.15, 0.2) is 0 Å². The van der Waals surface area contributed by atoms with Gasteiger partial charge in [0.05, 0.1) is 0 Å². The number of rotatable bonds is 15. The third kappa shape index (κ3) is 14.4. The van der Waals surface area contributed by atoms with Gasteiger partial charge in [-0.3, -0.25) is 9.59 Å². The first kappa shape index (κ1) is 28.4. The molecular formula is C24H46N2O4. The van der Waals surface area contributed by atoms with Crippen molar-refractivity contribution in [1.82, 2.24) is 10.6 Å². The molecule has 0 bridgehead atoms. The number of carbonyl (C=O) groups excluding carboxylic acids is 2. The zero-order valence-electron chi connectivity index (χ0n) is 20.4. The Labute approximate surface area is 184 Å². The van der Waals surface area contributed by atoms with Gasteiger partial charge < -0.3 is 15.7 Å². The summed E-state index contributed by atoms with van der Waals surface area (Å²) in [5.41, 5.74) is -0.547. The van der Waals surface area contributed by atoms with Crippen LogP contribution in [0.3, 0.4) is 0 Å². The molecule has 0 aromatic heterocycles. The van der Waals surface area contributed by atoms with Crippen LogP contribution in [0.1, 0.15) is 106 Å². The molecule has 3 N–H and O–H groups in total. The van der Waals surface area contributed by atoms with E-state index in [2.05, 4.69) is 45.3 Å². The summed E-state index contributed by atoms with van der Waals surface area (Å²) in [7, 11) is 0. The maximum atomic E-state index is 12.6. The molecule has 1 atom stereocenters. The lowest BCUT2D eigenvalue weighted by Gasteiger charge is -2.29. The topological polar surface area (TPSA) is 95.5 Å². The molecule has 0 spiro atoms. The molecule has 0 aromatic carbocycles. The Bertz CT molecular complexity index is 536.